The lowest BCUT2D eigenvalue weighted by Crippen LogP contribution is -2.28. The highest BCUT2D eigenvalue weighted by molar-refractivity contribution is 6.04. The summed E-state index contributed by atoms with van der Waals surface area (Å²) in [5.41, 5.74) is 2.47. The quantitative estimate of drug-likeness (QED) is 0.897. The van der Waals surface area contributed by atoms with Crippen molar-refractivity contribution in [2.24, 2.45) is 0 Å². The van der Waals surface area contributed by atoms with Crippen molar-refractivity contribution in [3.63, 3.8) is 0 Å². The van der Waals surface area contributed by atoms with Gasteiger partial charge in [-0.1, -0.05) is 6.07 Å². The van der Waals surface area contributed by atoms with Gasteiger partial charge in [0, 0.05) is 11.2 Å². The van der Waals surface area contributed by atoms with Crippen molar-refractivity contribution in [3.05, 3.63) is 41.2 Å². The fraction of sp³-hybridized carbons (Fsp3) is 0.389. The van der Waals surface area contributed by atoms with Crippen LogP contribution in [-0.2, 0) is 0 Å². The number of amides is 1. The zero-order chi connectivity index (χ0) is 17.9. The second-order valence-electron chi connectivity index (χ2n) is 6.75. The van der Waals surface area contributed by atoms with Crippen LogP contribution in [0.2, 0.25) is 0 Å². The Labute approximate surface area is 142 Å². The first-order valence-electron chi connectivity index (χ1n) is 7.78. The van der Waals surface area contributed by atoms with E-state index in [0.717, 1.165) is 11.3 Å². The van der Waals surface area contributed by atoms with E-state index in [0.29, 0.717) is 23.1 Å². The number of hydrogen-bond donors (Lipinski definition) is 2. The first-order valence-corrected chi connectivity index (χ1v) is 7.78. The molecule has 0 atom stereocenters. The third-order valence-corrected chi connectivity index (χ3v) is 3.18. The Hall–Kier alpha value is -2.63. The lowest BCUT2D eigenvalue weighted by Gasteiger charge is -2.21. The van der Waals surface area contributed by atoms with Gasteiger partial charge in [-0.05, 0) is 58.4 Å². The van der Waals surface area contributed by atoms with E-state index in [2.05, 4.69) is 20.6 Å². The molecule has 6 heteroatoms. The Morgan fingerprint density at radius 1 is 1.12 bits per heavy atom. The summed E-state index contributed by atoms with van der Waals surface area (Å²) >= 11 is 0. The van der Waals surface area contributed by atoms with Crippen LogP contribution in [-0.4, -0.2) is 28.5 Å². The third kappa shape index (κ3) is 4.68. The molecule has 0 unspecified atom stereocenters. The van der Waals surface area contributed by atoms with Gasteiger partial charge in [0.2, 0.25) is 5.95 Å². The molecule has 1 aromatic heterocycles. The number of ether oxygens (including phenoxy) is 1. The summed E-state index contributed by atoms with van der Waals surface area (Å²) in [6.07, 6.45) is 0. The molecule has 24 heavy (non-hydrogen) atoms. The molecule has 2 N–H and O–H groups in total. The molecule has 0 fully saturated rings. The predicted molar refractivity (Wildman–Crippen MR) is 95.8 cm³/mol. The van der Waals surface area contributed by atoms with Gasteiger partial charge in [0.1, 0.15) is 11.4 Å². The molecular weight excluding hydrogens is 304 g/mol. The fourth-order valence-electron chi connectivity index (χ4n) is 2.18. The molecule has 0 aliphatic rings. The normalized spacial score (nSPS) is 11.1. The lowest BCUT2D eigenvalue weighted by molar-refractivity contribution is 0.102. The van der Waals surface area contributed by atoms with Gasteiger partial charge in [-0.15, -0.1) is 0 Å². The van der Waals surface area contributed by atoms with E-state index in [1.54, 1.807) is 13.2 Å². The molecule has 2 rings (SSSR count). The number of carbonyl (C=O) groups excluding carboxylic acids is 1. The van der Waals surface area contributed by atoms with Crippen LogP contribution in [0.25, 0.3) is 0 Å². The van der Waals surface area contributed by atoms with Crippen LogP contribution in [0.3, 0.4) is 0 Å². The first-order chi connectivity index (χ1) is 11.2. The average Bonchev–Trinajstić information content (AvgIpc) is 2.45. The van der Waals surface area contributed by atoms with E-state index < -0.39 is 0 Å². The summed E-state index contributed by atoms with van der Waals surface area (Å²) in [6, 6.07) is 7.27. The summed E-state index contributed by atoms with van der Waals surface area (Å²) in [5, 5.41) is 6.04. The molecule has 2 aromatic rings. The molecule has 0 saturated heterocycles. The molecule has 1 aromatic carbocycles. The van der Waals surface area contributed by atoms with Crippen LogP contribution < -0.4 is 15.4 Å². The van der Waals surface area contributed by atoms with Crippen LogP contribution >= 0.6 is 0 Å². The van der Waals surface area contributed by atoms with Crippen molar-refractivity contribution in [1.29, 1.82) is 0 Å². The number of benzene rings is 1. The number of hydrogen-bond acceptors (Lipinski definition) is 5. The van der Waals surface area contributed by atoms with E-state index in [-0.39, 0.29) is 11.4 Å². The summed E-state index contributed by atoms with van der Waals surface area (Å²) in [6.45, 7) is 9.82. The van der Waals surface area contributed by atoms with E-state index in [1.165, 1.54) is 0 Å². The second-order valence-corrected chi connectivity index (χ2v) is 6.75. The van der Waals surface area contributed by atoms with Crippen LogP contribution in [0, 0.1) is 13.8 Å². The van der Waals surface area contributed by atoms with Gasteiger partial charge in [0.15, 0.2) is 0 Å². The summed E-state index contributed by atoms with van der Waals surface area (Å²) < 4.78 is 5.29. The number of carbonyl (C=O) groups is 1. The number of methoxy groups -OCH3 is 1. The number of rotatable bonds is 4. The minimum Gasteiger partial charge on any atom is -0.495 e. The number of aromatic nitrogens is 2. The molecule has 0 aliphatic heterocycles. The molecule has 0 radical (unpaired) electrons. The Bertz CT molecular complexity index is 751. The topological polar surface area (TPSA) is 76.1 Å². The maximum atomic E-state index is 12.6. The van der Waals surface area contributed by atoms with Crippen molar-refractivity contribution in [2.45, 2.75) is 40.2 Å². The van der Waals surface area contributed by atoms with Gasteiger partial charge in [-0.3, -0.25) is 4.79 Å². The molecule has 1 heterocycles. The number of anilines is 2. The van der Waals surface area contributed by atoms with Crippen LogP contribution in [0.5, 0.6) is 5.75 Å². The average molecular weight is 328 g/mol. The van der Waals surface area contributed by atoms with E-state index in [1.807, 2.05) is 52.8 Å². The SMILES string of the molecule is COc1ccc(C)cc1NC(=O)c1cc(C)nc(NC(C)(C)C)n1. The highest BCUT2D eigenvalue weighted by atomic mass is 16.5. The molecule has 128 valence electrons. The van der Waals surface area contributed by atoms with E-state index >= 15 is 0 Å². The number of aryl methyl sites for hydroxylation is 2. The van der Waals surface area contributed by atoms with E-state index in [9.17, 15) is 4.79 Å². The first kappa shape index (κ1) is 17.7. The maximum Gasteiger partial charge on any atom is 0.274 e. The van der Waals surface area contributed by atoms with Crippen LogP contribution in [0.4, 0.5) is 11.6 Å². The molecule has 1 amide bonds. The van der Waals surface area contributed by atoms with Crippen molar-refractivity contribution >= 4 is 17.5 Å². The Balaban J connectivity index is 2.29. The molecule has 0 bridgehead atoms. The van der Waals surface area contributed by atoms with E-state index in [4.69, 9.17) is 4.74 Å². The van der Waals surface area contributed by atoms with Crippen molar-refractivity contribution in [3.8, 4) is 5.75 Å². The molecule has 0 aliphatic carbocycles. The van der Waals surface area contributed by atoms with Gasteiger partial charge in [0.25, 0.3) is 5.91 Å². The Kier molecular flexibility index (Phi) is 5.07. The minimum atomic E-state index is -0.304. The zero-order valence-corrected chi connectivity index (χ0v) is 15.0. The monoisotopic (exact) mass is 328 g/mol. The third-order valence-electron chi connectivity index (χ3n) is 3.18. The van der Waals surface area contributed by atoms with Crippen molar-refractivity contribution in [1.82, 2.24) is 9.97 Å². The van der Waals surface area contributed by atoms with Crippen LogP contribution in [0.1, 0.15) is 42.5 Å². The Morgan fingerprint density at radius 3 is 2.46 bits per heavy atom. The summed E-state index contributed by atoms with van der Waals surface area (Å²) in [5.74, 6) is 0.734. The van der Waals surface area contributed by atoms with Gasteiger partial charge < -0.3 is 15.4 Å². The number of nitrogens with zero attached hydrogens (tertiary/aromatic N) is 2. The summed E-state index contributed by atoms with van der Waals surface area (Å²) in [7, 11) is 1.57. The molecule has 6 nitrogen and oxygen atoms in total. The fourth-order valence-corrected chi connectivity index (χ4v) is 2.18. The van der Waals surface area contributed by atoms with Gasteiger partial charge in [0.05, 0.1) is 12.8 Å². The van der Waals surface area contributed by atoms with Crippen molar-refractivity contribution < 1.29 is 9.53 Å². The highest BCUT2D eigenvalue weighted by Gasteiger charge is 2.16. The highest BCUT2D eigenvalue weighted by Crippen LogP contribution is 2.25. The number of nitrogens with one attached hydrogen (secondary N) is 2. The maximum absolute atomic E-state index is 12.6. The standard InChI is InChI=1S/C18H24N4O2/c1-11-7-8-15(24-6)13(9-11)20-16(23)14-10-12(2)19-17(21-14)22-18(3,4)5/h7-10H,1-6H3,(H,20,23)(H,19,21,22). The minimum absolute atomic E-state index is 0.193. The predicted octanol–water partition coefficient (Wildman–Crippen LogP) is 3.56. The van der Waals surface area contributed by atoms with Gasteiger partial charge in [-0.25, -0.2) is 9.97 Å². The molecule has 0 saturated carbocycles. The smallest absolute Gasteiger partial charge is 0.274 e. The van der Waals surface area contributed by atoms with Crippen LogP contribution in [0.15, 0.2) is 24.3 Å². The zero-order valence-electron chi connectivity index (χ0n) is 15.0. The lowest BCUT2D eigenvalue weighted by atomic mass is 10.1. The van der Waals surface area contributed by atoms with Gasteiger partial charge in [-0.2, -0.15) is 0 Å². The van der Waals surface area contributed by atoms with Gasteiger partial charge >= 0.3 is 0 Å². The Morgan fingerprint density at radius 2 is 1.83 bits per heavy atom. The molecular formula is C18H24N4O2. The second kappa shape index (κ2) is 6.86. The summed E-state index contributed by atoms with van der Waals surface area (Å²) in [4.78, 5) is 21.2. The van der Waals surface area contributed by atoms with Crippen molar-refractivity contribution in [2.75, 3.05) is 17.7 Å². The largest absolute Gasteiger partial charge is 0.495 e. The molecule has 0 spiro atoms.